The summed E-state index contributed by atoms with van der Waals surface area (Å²) in [4.78, 5) is 14.4. The Balaban J connectivity index is 1.60. The van der Waals surface area contributed by atoms with Crippen molar-refractivity contribution >= 4 is 5.91 Å². The van der Waals surface area contributed by atoms with Gasteiger partial charge in [0.05, 0.1) is 5.69 Å². The van der Waals surface area contributed by atoms with Crippen molar-refractivity contribution in [2.24, 2.45) is 11.7 Å². The lowest BCUT2D eigenvalue weighted by atomic mass is 9.98. The minimum atomic E-state index is -0.146. The Morgan fingerprint density at radius 2 is 1.78 bits per heavy atom. The molecule has 0 saturated carbocycles. The number of aromatic nitrogens is 2. The molecule has 1 aliphatic rings. The first kappa shape index (κ1) is 17.5. The number of carbonyl (C=O) groups excluding carboxylic acids is 1. The van der Waals surface area contributed by atoms with E-state index in [9.17, 15) is 4.79 Å². The van der Waals surface area contributed by atoms with Gasteiger partial charge in [-0.3, -0.25) is 9.89 Å². The summed E-state index contributed by atoms with van der Waals surface area (Å²) >= 11 is 0. The van der Waals surface area contributed by atoms with Crippen molar-refractivity contribution in [3.8, 4) is 22.4 Å². The summed E-state index contributed by atoms with van der Waals surface area (Å²) in [6.07, 6.45) is 0.799. The summed E-state index contributed by atoms with van der Waals surface area (Å²) in [7, 11) is 0. The van der Waals surface area contributed by atoms with Crippen LogP contribution in [0.15, 0.2) is 54.6 Å². The topological polar surface area (TPSA) is 75.0 Å². The van der Waals surface area contributed by atoms with Crippen LogP contribution in [0.5, 0.6) is 0 Å². The van der Waals surface area contributed by atoms with Crippen molar-refractivity contribution in [1.82, 2.24) is 15.1 Å². The molecule has 4 rings (SSSR count). The molecule has 0 unspecified atom stereocenters. The maximum Gasteiger partial charge on any atom is 0.226 e. The van der Waals surface area contributed by atoms with Crippen LogP contribution in [0.4, 0.5) is 0 Å². The molecule has 0 bridgehead atoms. The Kier molecular flexibility index (Phi) is 4.77. The normalized spacial score (nSPS) is 14.7. The molecule has 2 aromatic carbocycles. The van der Waals surface area contributed by atoms with E-state index in [1.165, 1.54) is 11.1 Å². The van der Waals surface area contributed by atoms with Crippen molar-refractivity contribution in [1.29, 1.82) is 0 Å². The highest BCUT2D eigenvalue weighted by Crippen LogP contribution is 2.30. The van der Waals surface area contributed by atoms with Crippen molar-refractivity contribution < 1.29 is 4.79 Å². The Labute approximate surface area is 159 Å². The molecular formula is C22H24N4O. The molecule has 0 radical (unpaired) electrons. The van der Waals surface area contributed by atoms with Crippen LogP contribution in [0.3, 0.4) is 0 Å². The van der Waals surface area contributed by atoms with E-state index in [-0.39, 0.29) is 11.8 Å². The predicted octanol–water partition coefficient (Wildman–Crippen LogP) is 3.22. The SMILES string of the molecule is C[C@H](CN)C(=O)N1CCc2[nH]nc(-c3ccc(-c4ccccc4)cc3)c2C1. The fourth-order valence-electron chi connectivity index (χ4n) is 3.59. The lowest BCUT2D eigenvalue weighted by Gasteiger charge is -2.29. The number of nitrogens with two attached hydrogens (primary N) is 1. The largest absolute Gasteiger partial charge is 0.338 e. The van der Waals surface area contributed by atoms with Crippen LogP contribution in [0.2, 0.25) is 0 Å². The zero-order valence-corrected chi connectivity index (χ0v) is 15.5. The Morgan fingerprint density at radius 3 is 2.48 bits per heavy atom. The standard InChI is InChI=1S/C22H24N4O/c1-15(13-23)22(27)26-12-11-20-19(14-26)21(25-24-20)18-9-7-17(8-10-18)16-5-3-2-4-6-16/h2-10,15H,11-14,23H2,1H3,(H,24,25)/t15-/m1/s1. The van der Waals surface area contributed by atoms with Crippen LogP contribution < -0.4 is 5.73 Å². The van der Waals surface area contributed by atoms with Crippen LogP contribution in [-0.2, 0) is 17.8 Å². The molecule has 1 aromatic heterocycles. The molecule has 3 N–H and O–H groups in total. The molecule has 0 saturated heterocycles. The van der Waals surface area contributed by atoms with Gasteiger partial charge in [0.15, 0.2) is 0 Å². The maximum absolute atomic E-state index is 12.5. The average molecular weight is 360 g/mol. The fourth-order valence-corrected chi connectivity index (χ4v) is 3.59. The molecular weight excluding hydrogens is 336 g/mol. The van der Waals surface area contributed by atoms with Crippen molar-refractivity contribution in [2.45, 2.75) is 19.9 Å². The van der Waals surface area contributed by atoms with E-state index >= 15 is 0 Å². The summed E-state index contributed by atoms with van der Waals surface area (Å²) < 4.78 is 0. The molecule has 1 aliphatic heterocycles. The van der Waals surface area contributed by atoms with Crippen LogP contribution in [0.1, 0.15) is 18.2 Å². The van der Waals surface area contributed by atoms with Gasteiger partial charge in [-0.25, -0.2) is 0 Å². The van der Waals surface area contributed by atoms with Crippen molar-refractivity contribution in [2.75, 3.05) is 13.1 Å². The minimum Gasteiger partial charge on any atom is -0.338 e. The molecule has 1 atom stereocenters. The number of rotatable bonds is 4. The van der Waals surface area contributed by atoms with Crippen molar-refractivity contribution in [3.63, 3.8) is 0 Å². The number of nitrogens with one attached hydrogen (secondary N) is 1. The molecule has 27 heavy (non-hydrogen) atoms. The number of aromatic amines is 1. The first-order valence-electron chi connectivity index (χ1n) is 9.38. The number of carbonyl (C=O) groups is 1. The van der Waals surface area contributed by atoms with E-state index in [2.05, 4.69) is 46.6 Å². The first-order chi connectivity index (χ1) is 13.2. The smallest absolute Gasteiger partial charge is 0.226 e. The van der Waals surface area contributed by atoms with Gasteiger partial charge in [-0.15, -0.1) is 0 Å². The van der Waals surface area contributed by atoms with Gasteiger partial charge < -0.3 is 10.6 Å². The number of hydrogen-bond acceptors (Lipinski definition) is 3. The summed E-state index contributed by atoms with van der Waals surface area (Å²) in [5.41, 5.74) is 12.3. The van der Waals surface area contributed by atoms with E-state index in [0.29, 0.717) is 19.6 Å². The van der Waals surface area contributed by atoms with Gasteiger partial charge >= 0.3 is 0 Å². The fraction of sp³-hybridized carbons (Fsp3) is 0.273. The predicted molar refractivity (Wildman–Crippen MR) is 107 cm³/mol. The number of H-pyrrole nitrogens is 1. The number of hydrogen-bond donors (Lipinski definition) is 2. The van der Waals surface area contributed by atoms with E-state index in [4.69, 9.17) is 5.73 Å². The quantitative estimate of drug-likeness (QED) is 0.750. The highest BCUT2D eigenvalue weighted by Gasteiger charge is 2.27. The molecule has 0 fully saturated rings. The first-order valence-corrected chi connectivity index (χ1v) is 9.38. The summed E-state index contributed by atoms with van der Waals surface area (Å²) in [5, 5.41) is 7.70. The highest BCUT2D eigenvalue weighted by atomic mass is 16.2. The third kappa shape index (κ3) is 3.38. The van der Waals surface area contributed by atoms with Gasteiger partial charge in [-0.05, 0) is 11.1 Å². The second-order valence-electron chi connectivity index (χ2n) is 7.12. The van der Waals surface area contributed by atoms with Crippen molar-refractivity contribution in [3.05, 3.63) is 65.9 Å². The molecule has 138 valence electrons. The lowest BCUT2D eigenvalue weighted by Crippen LogP contribution is -2.41. The van der Waals surface area contributed by atoms with E-state index < -0.39 is 0 Å². The van der Waals surface area contributed by atoms with E-state index in [1.54, 1.807) is 0 Å². The monoisotopic (exact) mass is 360 g/mol. The molecule has 3 aromatic rings. The minimum absolute atomic E-state index is 0.120. The summed E-state index contributed by atoms with van der Waals surface area (Å²) in [6.45, 7) is 3.56. The average Bonchev–Trinajstić information content (AvgIpc) is 3.16. The number of fused-ring (bicyclic) bond motifs is 1. The third-order valence-electron chi connectivity index (χ3n) is 5.29. The summed E-state index contributed by atoms with van der Waals surface area (Å²) in [6, 6.07) is 18.8. The Bertz CT molecular complexity index is 931. The van der Waals surface area contributed by atoms with E-state index in [0.717, 1.165) is 28.9 Å². The van der Waals surface area contributed by atoms with E-state index in [1.807, 2.05) is 30.0 Å². The van der Waals surface area contributed by atoms with Gasteiger partial charge in [-0.2, -0.15) is 5.10 Å². The third-order valence-corrected chi connectivity index (χ3v) is 5.29. The summed E-state index contributed by atoms with van der Waals surface area (Å²) in [5.74, 6) is -0.0261. The van der Waals surface area contributed by atoms with Gasteiger partial charge in [0.2, 0.25) is 5.91 Å². The Morgan fingerprint density at radius 1 is 1.11 bits per heavy atom. The molecule has 2 heterocycles. The molecule has 5 nitrogen and oxygen atoms in total. The molecule has 0 aliphatic carbocycles. The van der Waals surface area contributed by atoms with Crippen LogP contribution in [-0.4, -0.2) is 34.1 Å². The number of benzene rings is 2. The zero-order valence-electron chi connectivity index (χ0n) is 15.5. The van der Waals surface area contributed by atoms with Crippen LogP contribution >= 0.6 is 0 Å². The second-order valence-corrected chi connectivity index (χ2v) is 7.12. The van der Waals surface area contributed by atoms with Gasteiger partial charge in [0.25, 0.3) is 0 Å². The Hall–Kier alpha value is -2.92. The van der Waals surface area contributed by atoms with Gasteiger partial charge in [0, 0.05) is 48.8 Å². The van der Waals surface area contributed by atoms with Gasteiger partial charge in [-0.1, -0.05) is 61.5 Å². The maximum atomic E-state index is 12.5. The molecule has 5 heteroatoms. The number of amides is 1. The highest BCUT2D eigenvalue weighted by molar-refractivity contribution is 5.79. The van der Waals surface area contributed by atoms with Crippen LogP contribution in [0.25, 0.3) is 22.4 Å². The molecule has 1 amide bonds. The van der Waals surface area contributed by atoms with Crippen LogP contribution in [0, 0.1) is 5.92 Å². The number of nitrogens with zero attached hydrogens (tertiary/aromatic N) is 2. The van der Waals surface area contributed by atoms with Gasteiger partial charge in [0.1, 0.15) is 0 Å². The second kappa shape index (κ2) is 7.37. The molecule has 0 spiro atoms. The zero-order chi connectivity index (χ0) is 18.8. The lowest BCUT2D eigenvalue weighted by molar-refractivity contribution is -0.135.